The second-order valence-corrected chi connectivity index (χ2v) is 8.73. The van der Waals surface area contributed by atoms with Crippen LogP contribution < -0.4 is 4.74 Å². The smallest absolute Gasteiger partial charge is 0.119 e. The van der Waals surface area contributed by atoms with Crippen LogP contribution in [0.15, 0.2) is 24.3 Å². The molecule has 5 heteroatoms. The molecule has 0 bridgehead atoms. The monoisotopic (exact) mass is 389 g/mol. The van der Waals surface area contributed by atoms with Crippen LogP contribution in [-0.4, -0.2) is 84.4 Å². The Hall–Kier alpha value is -1.14. The lowest BCUT2D eigenvalue weighted by atomic mass is 10.1. The number of aliphatic hydroxyl groups is 1. The fraction of sp³-hybridized carbons (Fsp3) is 0.739. The van der Waals surface area contributed by atoms with E-state index in [-0.39, 0.29) is 0 Å². The Bertz CT molecular complexity index is 565. The third-order valence-corrected chi connectivity index (χ3v) is 6.05. The number of hydrogen-bond donors (Lipinski definition) is 1. The summed E-state index contributed by atoms with van der Waals surface area (Å²) < 4.78 is 5.92. The van der Waals surface area contributed by atoms with Gasteiger partial charge in [-0.3, -0.25) is 9.80 Å². The molecule has 0 aromatic heterocycles. The number of piperazine rings is 1. The average molecular weight is 390 g/mol. The van der Waals surface area contributed by atoms with Crippen molar-refractivity contribution in [2.24, 2.45) is 0 Å². The zero-order valence-electron chi connectivity index (χ0n) is 17.9. The number of β-amino-alcohol motifs (C(OH)–C–C–N with tert-alkyl or cyclic N) is 1. The van der Waals surface area contributed by atoms with Gasteiger partial charge in [0.15, 0.2) is 0 Å². The molecule has 1 atom stereocenters. The van der Waals surface area contributed by atoms with Crippen LogP contribution in [0.4, 0.5) is 0 Å². The Balaban J connectivity index is 1.42. The zero-order valence-corrected chi connectivity index (χ0v) is 17.9. The molecule has 2 saturated heterocycles. The highest BCUT2D eigenvalue weighted by atomic mass is 16.5. The second kappa shape index (κ2) is 11.1. The predicted molar refractivity (Wildman–Crippen MR) is 115 cm³/mol. The van der Waals surface area contributed by atoms with Gasteiger partial charge in [0.05, 0.1) is 0 Å². The molecule has 2 fully saturated rings. The molecular formula is C23H39N3O2. The van der Waals surface area contributed by atoms with Gasteiger partial charge in [-0.2, -0.15) is 0 Å². The lowest BCUT2D eigenvalue weighted by Crippen LogP contribution is -2.48. The third-order valence-electron chi connectivity index (χ3n) is 6.05. The van der Waals surface area contributed by atoms with E-state index in [4.69, 9.17) is 4.74 Å². The molecule has 1 aromatic carbocycles. The van der Waals surface area contributed by atoms with Gasteiger partial charge in [-0.15, -0.1) is 0 Å². The Kier molecular flexibility index (Phi) is 8.59. The van der Waals surface area contributed by atoms with Crippen LogP contribution in [0, 0.1) is 0 Å². The van der Waals surface area contributed by atoms with E-state index in [1.54, 1.807) is 0 Å². The molecular weight excluding hydrogens is 350 g/mol. The fourth-order valence-electron chi connectivity index (χ4n) is 4.29. The van der Waals surface area contributed by atoms with Gasteiger partial charge in [-0.1, -0.05) is 25.0 Å². The first kappa shape index (κ1) is 21.6. The van der Waals surface area contributed by atoms with E-state index < -0.39 is 6.10 Å². The van der Waals surface area contributed by atoms with Crippen molar-refractivity contribution in [1.82, 2.24) is 14.7 Å². The summed E-state index contributed by atoms with van der Waals surface area (Å²) in [7, 11) is 0. The molecule has 28 heavy (non-hydrogen) atoms. The zero-order chi connectivity index (χ0) is 19.8. The predicted octanol–water partition coefficient (Wildman–Crippen LogP) is 2.83. The van der Waals surface area contributed by atoms with Gasteiger partial charge in [-0.05, 0) is 57.5 Å². The second-order valence-electron chi connectivity index (χ2n) is 8.73. The first-order chi connectivity index (χ1) is 13.6. The summed E-state index contributed by atoms with van der Waals surface area (Å²) in [4.78, 5) is 7.45. The van der Waals surface area contributed by atoms with Crippen LogP contribution in [0.3, 0.4) is 0 Å². The molecule has 2 aliphatic heterocycles. The van der Waals surface area contributed by atoms with Crippen LogP contribution in [0.1, 0.15) is 45.1 Å². The molecule has 0 spiro atoms. The van der Waals surface area contributed by atoms with Crippen molar-refractivity contribution in [3.63, 3.8) is 0 Å². The van der Waals surface area contributed by atoms with E-state index >= 15 is 0 Å². The molecule has 2 heterocycles. The van der Waals surface area contributed by atoms with Crippen molar-refractivity contribution >= 4 is 0 Å². The number of ether oxygens (including phenoxy) is 1. The highest BCUT2D eigenvalue weighted by molar-refractivity contribution is 5.28. The van der Waals surface area contributed by atoms with Crippen molar-refractivity contribution < 1.29 is 9.84 Å². The highest BCUT2D eigenvalue weighted by Crippen LogP contribution is 2.17. The standard InChI is InChI=1S/C23H39N3O2/c1-20(2)26-14-12-25(13-15-26)17-21-8-7-9-23(16-21)28-19-22(27)18-24-10-5-3-4-6-11-24/h7-9,16,20,22,27H,3-6,10-15,17-19H2,1-2H3/t22-/m0/s1. The Morgan fingerprint density at radius 1 is 0.929 bits per heavy atom. The lowest BCUT2D eigenvalue weighted by molar-refractivity contribution is 0.0692. The third kappa shape index (κ3) is 7.03. The first-order valence-electron chi connectivity index (χ1n) is 11.2. The van der Waals surface area contributed by atoms with Crippen molar-refractivity contribution in [3.8, 4) is 5.75 Å². The molecule has 0 unspecified atom stereocenters. The summed E-state index contributed by atoms with van der Waals surface area (Å²) in [6, 6.07) is 9.01. The summed E-state index contributed by atoms with van der Waals surface area (Å²) in [6.07, 6.45) is 4.72. The van der Waals surface area contributed by atoms with Crippen LogP contribution in [-0.2, 0) is 6.54 Å². The molecule has 0 saturated carbocycles. The van der Waals surface area contributed by atoms with E-state index in [2.05, 4.69) is 46.7 Å². The van der Waals surface area contributed by atoms with Gasteiger partial charge in [0.1, 0.15) is 18.5 Å². The van der Waals surface area contributed by atoms with E-state index in [1.807, 2.05) is 6.07 Å². The Morgan fingerprint density at radius 3 is 2.32 bits per heavy atom. The average Bonchev–Trinajstić information content (AvgIpc) is 2.96. The van der Waals surface area contributed by atoms with Crippen molar-refractivity contribution in [2.45, 2.75) is 58.2 Å². The maximum absolute atomic E-state index is 10.4. The summed E-state index contributed by atoms with van der Waals surface area (Å²) in [5.41, 5.74) is 1.29. The Morgan fingerprint density at radius 2 is 1.64 bits per heavy atom. The minimum atomic E-state index is -0.425. The highest BCUT2D eigenvalue weighted by Gasteiger charge is 2.19. The van der Waals surface area contributed by atoms with Crippen molar-refractivity contribution in [2.75, 3.05) is 52.4 Å². The molecule has 1 aromatic rings. The number of benzene rings is 1. The Labute approximate surface area is 171 Å². The number of hydrogen-bond acceptors (Lipinski definition) is 5. The molecule has 0 radical (unpaired) electrons. The van der Waals surface area contributed by atoms with Crippen LogP contribution >= 0.6 is 0 Å². The van der Waals surface area contributed by atoms with E-state index in [1.165, 1.54) is 31.2 Å². The van der Waals surface area contributed by atoms with Gasteiger partial charge in [0.25, 0.3) is 0 Å². The first-order valence-corrected chi connectivity index (χ1v) is 11.2. The number of nitrogens with zero attached hydrogens (tertiary/aromatic N) is 3. The number of aliphatic hydroxyl groups excluding tert-OH is 1. The summed E-state index contributed by atoms with van der Waals surface area (Å²) in [6.45, 7) is 13.4. The summed E-state index contributed by atoms with van der Waals surface area (Å²) in [5.74, 6) is 0.869. The molecule has 2 aliphatic rings. The normalized spacial score (nSPS) is 21.6. The van der Waals surface area contributed by atoms with Gasteiger partial charge >= 0.3 is 0 Å². The number of rotatable bonds is 8. The molecule has 158 valence electrons. The minimum absolute atomic E-state index is 0.368. The van der Waals surface area contributed by atoms with E-state index in [9.17, 15) is 5.11 Å². The van der Waals surface area contributed by atoms with Crippen molar-refractivity contribution in [1.29, 1.82) is 0 Å². The quantitative estimate of drug-likeness (QED) is 0.740. The lowest BCUT2D eigenvalue weighted by Gasteiger charge is -2.37. The van der Waals surface area contributed by atoms with Crippen molar-refractivity contribution in [3.05, 3.63) is 29.8 Å². The molecule has 0 aliphatic carbocycles. The van der Waals surface area contributed by atoms with Crippen LogP contribution in [0.5, 0.6) is 5.75 Å². The SMILES string of the molecule is CC(C)N1CCN(Cc2cccc(OC[C@@H](O)CN3CCCCCC3)c2)CC1. The van der Waals surface area contributed by atoms with Gasteiger partial charge in [0.2, 0.25) is 0 Å². The van der Waals surface area contributed by atoms with Gasteiger partial charge in [0, 0.05) is 45.3 Å². The molecule has 5 nitrogen and oxygen atoms in total. The molecule has 1 N–H and O–H groups in total. The topological polar surface area (TPSA) is 39.2 Å². The number of likely N-dealkylation sites (tertiary alicyclic amines) is 1. The van der Waals surface area contributed by atoms with Crippen LogP contribution in [0.25, 0.3) is 0 Å². The minimum Gasteiger partial charge on any atom is -0.491 e. The van der Waals surface area contributed by atoms with E-state index in [0.717, 1.165) is 58.1 Å². The fourth-order valence-corrected chi connectivity index (χ4v) is 4.29. The van der Waals surface area contributed by atoms with Gasteiger partial charge in [-0.25, -0.2) is 0 Å². The molecule has 3 rings (SSSR count). The maximum Gasteiger partial charge on any atom is 0.119 e. The maximum atomic E-state index is 10.4. The summed E-state index contributed by atoms with van der Waals surface area (Å²) in [5, 5.41) is 10.4. The largest absolute Gasteiger partial charge is 0.491 e. The van der Waals surface area contributed by atoms with Gasteiger partial charge < -0.3 is 14.7 Å². The van der Waals surface area contributed by atoms with E-state index in [0.29, 0.717) is 12.6 Å². The summed E-state index contributed by atoms with van der Waals surface area (Å²) >= 11 is 0. The van der Waals surface area contributed by atoms with Crippen LogP contribution in [0.2, 0.25) is 0 Å². The molecule has 0 amide bonds.